The first-order valence-electron chi connectivity index (χ1n) is 5.86. The first-order chi connectivity index (χ1) is 6.65. The van der Waals surface area contributed by atoms with E-state index in [1.165, 1.54) is 6.42 Å². The number of allylic oxidation sites excluding steroid dienone is 2. The Morgan fingerprint density at radius 2 is 2.00 bits per heavy atom. The predicted molar refractivity (Wildman–Crippen MR) is 57.9 cm³/mol. The number of Topliss-reactive ketones (excluding diaryl/α,β-unsaturated/α-hetero) is 1. The van der Waals surface area contributed by atoms with Gasteiger partial charge in [0.1, 0.15) is 5.78 Å². The Balaban J connectivity index is 2.22. The van der Waals surface area contributed by atoms with Crippen LogP contribution in [-0.4, -0.2) is 5.78 Å². The molecule has 14 heavy (non-hydrogen) atoms. The third-order valence-electron chi connectivity index (χ3n) is 4.01. The summed E-state index contributed by atoms with van der Waals surface area (Å²) >= 11 is 0. The molecule has 0 spiro atoms. The Labute approximate surface area is 86.6 Å². The van der Waals surface area contributed by atoms with Crippen LogP contribution in [0.25, 0.3) is 0 Å². The summed E-state index contributed by atoms with van der Waals surface area (Å²) in [5, 5.41) is 0. The van der Waals surface area contributed by atoms with Crippen molar-refractivity contribution in [3.8, 4) is 0 Å². The minimum absolute atomic E-state index is 0.343. The van der Waals surface area contributed by atoms with Gasteiger partial charge in [0.2, 0.25) is 0 Å². The topological polar surface area (TPSA) is 17.1 Å². The Bertz CT molecular complexity index is 264. The van der Waals surface area contributed by atoms with E-state index < -0.39 is 0 Å². The maximum Gasteiger partial charge on any atom is 0.136 e. The van der Waals surface area contributed by atoms with E-state index in [1.54, 1.807) is 0 Å². The lowest BCUT2D eigenvalue weighted by molar-refractivity contribution is -0.125. The molecule has 4 atom stereocenters. The van der Waals surface area contributed by atoms with E-state index in [9.17, 15) is 4.79 Å². The maximum absolute atomic E-state index is 11.9. The van der Waals surface area contributed by atoms with Crippen LogP contribution in [0.5, 0.6) is 0 Å². The summed E-state index contributed by atoms with van der Waals surface area (Å²) < 4.78 is 0. The van der Waals surface area contributed by atoms with Gasteiger partial charge < -0.3 is 0 Å². The molecule has 1 heteroatoms. The van der Waals surface area contributed by atoms with Crippen LogP contribution in [-0.2, 0) is 4.79 Å². The van der Waals surface area contributed by atoms with Gasteiger partial charge in [-0.1, -0.05) is 32.9 Å². The lowest BCUT2D eigenvalue weighted by Gasteiger charge is -2.29. The van der Waals surface area contributed by atoms with Crippen molar-refractivity contribution in [2.45, 2.75) is 33.6 Å². The highest BCUT2D eigenvalue weighted by molar-refractivity contribution is 5.82. The van der Waals surface area contributed by atoms with E-state index in [4.69, 9.17) is 0 Å². The summed E-state index contributed by atoms with van der Waals surface area (Å²) in [6, 6.07) is 0. The second-order valence-corrected chi connectivity index (χ2v) is 5.12. The van der Waals surface area contributed by atoms with Crippen molar-refractivity contribution in [2.75, 3.05) is 0 Å². The van der Waals surface area contributed by atoms with Crippen molar-refractivity contribution >= 4 is 5.78 Å². The van der Waals surface area contributed by atoms with Crippen LogP contribution in [0, 0.1) is 29.6 Å². The van der Waals surface area contributed by atoms with E-state index in [0.717, 1.165) is 0 Å². The van der Waals surface area contributed by atoms with Crippen LogP contribution < -0.4 is 0 Å². The second kappa shape index (κ2) is 3.52. The maximum atomic E-state index is 11.9. The molecule has 0 amide bonds. The zero-order valence-electron chi connectivity index (χ0n) is 9.36. The molecule has 2 bridgehead atoms. The number of carbonyl (C=O) groups is 1. The highest BCUT2D eigenvalue weighted by Gasteiger charge is 2.47. The van der Waals surface area contributed by atoms with E-state index in [2.05, 4.69) is 26.0 Å². The largest absolute Gasteiger partial charge is 0.299 e. The molecule has 0 N–H and O–H groups in total. The fraction of sp³-hybridized carbons (Fsp3) is 0.769. The molecule has 1 nitrogen and oxygen atoms in total. The minimum atomic E-state index is 0.343. The molecular weight excluding hydrogens is 172 g/mol. The highest BCUT2D eigenvalue weighted by Crippen LogP contribution is 2.51. The number of rotatable bonds is 3. The molecule has 2 aliphatic rings. The molecule has 4 unspecified atom stereocenters. The molecule has 0 saturated heterocycles. The average Bonchev–Trinajstić information content (AvgIpc) is 2.74. The Morgan fingerprint density at radius 3 is 2.57 bits per heavy atom. The summed E-state index contributed by atoms with van der Waals surface area (Å²) in [5.41, 5.74) is 0. The number of carbonyl (C=O) groups excluding carboxylic acids is 1. The van der Waals surface area contributed by atoms with Gasteiger partial charge in [-0.3, -0.25) is 4.79 Å². The van der Waals surface area contributed by atoms with Gasteiger partial charge in [-0.25, -0.2) is 0 Å². The lowest BCUT2D eigenvalue weighted by atomic mass is 9.74. The van der Waals surface area contributed by atoms with E-state index in [-0.39, 0.29) is 0 Å². The van der Waals surface area contributed by atoms with Gasteiger partial charge >= 0.3 is 0 Å². The van der Waals surface area contributed by atoms with Crippen molar-refractivity contribution in [3.05, 3.63) is 12.2 Å². The monoisotopic (exact) mass is 192 g/mol. The normalized spacial score (nSPS) is 39.7. The minimum Gasteiger partial charge on any atom is -0.299 e. The molecule has 0 aromatic heterocycles. The molecule has 2 rings (SSSR count). The quantitative estimate of drug-likeness (QED) is 0.628. The van der Waals surface area contributed by atoms with Crippen LogP contribution >= 0.6 is 0 Å². The van der Waals surface area contributed by atoms with Gasteiger partial charge in [0, 0.05) is 12.3 Å². The molecule has 0 heterocycles. The first-order valence-corrected chi connectivity index (χ1v) is 5.86. The summed E-state index contributed by atoms with van der Waals surface area (Å²) in [6.07, 6.45) is 6.57. The average molecular weight is 192 g/mol. The number of hydrogen-bond donors (Lipinski definition) is 0. The molecule has 1 saturated carbocycles. The molecule has 0 radical (unpaired) electrons. The Morgan fingerprint density at radius 1 is 1.36 bits per heavy atom. The fourth-order valence-electron chi connectivity index (χ4n) is 3.46. The predicted octanol–water partition coefficient (Wildman–Crippen LogP) is 3.06. The number of hydrogen-bond acceptors (Lipinski definition) is 1. The molecule has 0 aliphatic heterocycles. The highest BCUT2D eigenvalue weighted by atomic mass is 16.1. The van der Waals surface area contributed by atoms with Crippen LogP contribution in [0.3, 0.4) is 0 Å². The van der Waals surface area contributed by atoms with Gasteiger partial charge in [-0.2, -0.15) is 0 Å². The van der Waals surface area contributed by atoms with Gasteiger partial charge in [0.15, 0.2) is 0 Å². The van der Waals surface area contributed by atoms with Gasteiger partial charge in [0.25, 0.3) is 0 Å². The van der Waals surface area contributed by atoms with Gasteiger partial charge in [-0.05, 0) is 30.1 Å². The van der Waals surface area contributed by atoms with Crippen LogP contribution in [0.4, 0.5) is 0 Å². The van der Waals surface area contributed by atoms with E-state index >= 15 is 0 Å². The zero-order valence-corrected chi connectivity index (χ0v) is 9.36. The smallest absolute Gasteiger partial charge is 0.136 e. The fourth-order valence-corrected chi connectivity index (χ4v) is 3.46. The Kier molecular flexibility index (Phi) is 2.50. The van der Waals surface area contributed by atoms with Crippen LogP contribution in [0.2, 0.25) is 0 Å². The third-order valence-corrected chi connectivity index (χ3v) is 4.01. The molecule has 1 fully saturated rings. The summed E-state index contributed by atoms with van der Waals surface area (Å²) in [4.78, 5) is 11.9. The van der Waals surface area contributed by atoms with E-state index in [1.807, 2.05) is 6.92 Å². The van der Waals surface area contributed by atoms with Crippen molar-refractivity contribution < 1.29 is 4.79 Å². The summed E-state index contributed by atoms with van der Waals surface area (Å²) in [5.74, 6) is 3.36. The van der Waals surface area contributed by atoms with Crippen molar-refractivity contribution in [1.29, 1.82) is 0 Å². The van der Waals surface area contributed by atoms with Crippen molar-refractivity contribution in [3.63, 3.8) is 0 Å². The van der Waals surface area contributed by atoms with Gasteiger partial charge in [-0.15, -0.1) is 0 Å². The van der Waals surface area contributed by atoms with Crippen molar-refractivity contribution in [2.24, 2.45) is 29.6 Å². The van der Waals surface area contributed by atoms with E-state index in [0.29, 0.717) is 41.8 Å². The van der Waals surface area contributed by atoms with Gasteiger partial charge in [0.05, 0.1) is 0 Å². The third kappa shape index (κ3) is 1.34. The molecule has 78 valence electrons. The van der Waals surface area contributed by atoms with Crippen LogP contribution in [0.15, 0.2) is 12.2 Å². The summed E-state index contributed by atoms with van der Waals surface area (Å²) in [7, 11) is 0. The first kappa shape index (κ1) is 9.95. The second-order valence-electron chi connectivity index (χ2n) is 5.12. The molecule has 0 aromatic rings. The standard InChI is InChI=1S/C13H20O/c1-4-11(14)13-10-6-5-9(7-10)12(13)8(2)3/h5-6,8-10,12-13H,4,7H2,1-3H3. The lowest BCUT2D eigenvalue weighted by Crippen LogP contribution is -2.30. The zero-order chi connectivity index (χ0) is 10.3. The van der Waals surface area contributed by atoms with Crippen molar-refractivity contribution in [1.82, 2.24) is 0 Å². The molecular formula is C13H20O. The molecule has 2 aliphatic carbocycles. The SMILES string of the molecule is CCC(=O)C1C2C=CC(C2)C1C(C)C. The number of fused-ring (bicyclic) bond motifs is 2. The summed E-state index contributed by atoms with van der Waals surface area (Å²) in [6.45, 7) is 6.51. The number of ketones is 1. The Hall–Kier alpha value is -0.590. The molecule has 0 aromatic carbocycles. The van der Waals surface area contributed by atoms with Crippen LogP contribution in [0.1, 0.15) is 33.6 Å².